The molecule has 0 aliphatic heterocycles. The summed E-state index contributed by atoms with van der Waals surface area (Å²) < 4.78 is 32.1. The summed E-state index contributed by atoms with van der Waals surface area (Å²) >= 11 is 5.64. The van der Waals surface area contributed by atoms with Crippen LogP contribution >= 0.6 is 11.6 Å². The summed E-state index contributed by atoms with van der Waals surface area (Å²) in [5, 5.41) is 0.175. The van der Waals surface area contributed by atoms with E-state index in [1.165, 1.54) is 13.0 Å². The smallest absolute Gasteiger partial charge is 0.744 e. The normalized spacial score (nSPS) is 10.8. The molecule has 0 bridgehead atoms. The van der Waals surface area contributed by atoms with Crippen molar-refractivity contribution in [2.45, 2.75) is 11.8 Å². The fourth-order valence-electron chi connectivity index (χ4n) is 0.933. The number of benzene rings is 1. The molecule has 0 unspecified atom stereocenters. The average Bonchev–Trinajstić information content (AvgIpc) is 1.94. The maximum absolute atomic E-state index is 10.7. The van der Waals surface area contributed by atoms with Crippen molar-refractivity contribution in [3.05, 3.63) is 22.7 Å². The van der Waals surface area contributed by atoms with E-state index in [9.17, 15) is 13.0 Å². The molecule has 0 fully saturated rings. The first-order chi connectivity index (χ1) is 5.82. The van der Waals surface area contributed by atoms with Gasteiger partial charge in [-0.05, 0) is 24.6 Å². The summed E-state index contributed by atoms with van der Waals surface area (Å²) in [6, 6.07) is 2.50. The molecular weight excluding hydrogens is 253 g/mol. The van der Waals surface area contributed by atoms with Gasteiger partial charge in [-0.3, -0.25) is 0 Å². The van der Waals surface area contributed by atoms with Gasteiger partial charge in [-0.15, -0.1) is 0 Å². The van der Waals surface area contributed by atoms with Crippen molar-refractivity contribution in [1.82, 2.24) is 0 Å². The Labute approximate surface area is 130 Å². The number of rotatable bonds is 1. The third kappa shape index (κ3) is 3.46. The van der Waals surface area contributed by atoms with E-state index in [1.54, 1.807) is 0 Å². The number of anilines is 1. The molecule has 2 N–H and O–H groups in total. The molecule has 0 radical (unpaired) electrons. The van der Waals surface area contributed by atoms with Crippen molar-refractivity contribution in [3.8, 4) is 0 Å². The third-order valence-electron chi connectivity index (χ3n) is 1.59. The zero-order valence-electron chi connectivity index (χ0n) is 7.74. The molecule has 7 heteroatoms. The summed E-state index contributed by atoms with van der Waals surface area (Å²) in [6.07, 6.45) is 0. The van der Waals surface area contributed by atoms with Crippen molar-refractivity contribution in [1.29, 1.82) is 0 Å². The molecule has 1 aromatic carbocycles. The first-order valence-corrected chi connectivity index (χ1v) is 5.12. The Kier molecular flexibility index (Phi) is 5.59. The van der Waals surface area contributed by atoms with E-state index >= 15 is 0 Å². The Hall–Kier alpha value is 0.856. The van der Waals surface area contributed by atoms with E-state index in [2.05, 4.69) is 0 Å². The number of halogens is 1. The van der Waals surface area contributed by atoms with E-state index in [-0.39, 0.29) is 72.6 Å². The van der Waals surface area contributed by atoms with Crippen LogP contribution in [0.15, 0.2) is 17.0 Å². The Morgan fingerprint density at radius 3 is 2.36 bits per heavy atom. The molecule has 0 aromatic heterocycles. The topological polar surface area (TPSA) is 83.2 Å². The predicted octanol–water partition coefficient (Wildman–Crippen LogP) is -1.86. The van der Waals surface area contributed by atoms with Crippen molar-refractivity contribution in [2.75, 3.05) is 5.73 Å². The molecule has 0 spiro atoms. The van der Waals surface area contributed by atoms with Gasteiger partial charge in [-0.1, -0.05) is 11.6 Å². The van der Waals surface area contributed by atoms with Crippen molar-refractivity contribution >= 4 is 27.4 Å². The van der Waals surface area contributed by atoms with Gasteiger partial charge in [0.05, 0.1) is 4.90 Å². The SMILES string of the molecule is Cc1c(Cl)cc(N)cc1S(=O)(=O)[O-].[K+]. The van der Waals surface area contributed by atoms with E-state index in [0.717, 1.165) is 6.07 Å². The summed E-state index contributed by atoms with van der Waals surface area (Å²) in [4.78, 5) is -0.363. The van der Waals surface area contributed by atoms with Crippen molar-refractivity contribution in [3.63, 3.8) is 0 Å². The molecule has 1 aromatic rings. The van der Waals surface area contributed by atoms with Gasteiger partial charge in [0.25, 0.3) is 0 Å². The van der Waals surface area contributed by atoms with Crippen LogP contribution in [0.4, 0.5) is 5.69 Å². The van der Waals surface area contributed by atoms with Crippen molar-refractivity contribution in [2.24, 2.45) is 0 Å². The standard InChI is InChI=1S/C7H8ClNO3S.K/c1-4-6(8)2-5(9)3-7(4)13(10,11)12;/h2-3H,9H2,1H3,(H,10,11,12);/q;+1/p-1. The minimum atomic E-state index is -4.49. The van der Waals surface area contributed by atoms with Crippen LogP contribution in [0.5, 0.6) is 0 Å². The van der Waals surface area contributed by atoms with Crippen molar-refractivity contribution < 1.29 is 64.4 Å². The van der Waals surface area contributed by atoms with Crippen LogP contribution in [-0.2, 0) is 10.1 Å². The summed E-state index contributed by atoms with van der Waals surface area (Å²) in [7, 11) is -4.49. The maximum Gasteiger partial charge on any atom is 1.00 e. The minimum Gasteiger partial charge on any atom is -0.744 e. The molecule has 1 rings (SSSR count). The molecule has 72 valence electrons. The Balaban J connectivity index is 0.00000169. The minimum absolute atomic E-state index is 0. The van der Waals surface area contributed by atoms with Gasteiger partial charge in [0, 0.05) is 10.7 Å². The van der Waals surface area contributed by atoms with Crippen LogP contribution in [-0.4, -0.2) is 13.0 Å². The molecule has 0 saturated carbocycles. The van der Waals surface area contributed by atoms with Crippen LogP contribution < -0.4 is 57.1 Å². The average molecular weight is 260 g/mol. The predicted molar refractivity (Wildman–Crippen MR) is 48.6 cm³/mol. The van der Waals surface area contributed by atoms with Gasteiger partial charge >= 0.3 is 51.4 Å². The van der Waals surface area contributed by atoms with Gasteiger partial charge in [0.2, 0.25) is 0 Å². The van der Waals surface area contributed by atoms with Gasteiger partial charge in [-0.2, -0.15) is 0 Å². The first kappa shape index (κ1) is 14.9. The number of nitrogens with two attached hydrogens (primary N) is 1. The Morgan fingerprint density at radius 2 is 1.93 bits per heavy atom. The molecule has 4 nitrogen and oxygen atoms in total. The second kappa shape index (κ2) is 5.27. The van der Waals surface area contributed by atoms with Crippen LogP contribution in [0.3, 0.4) is 0 Å². The number of hydrogen-bond donors (Lipinski definition) is 1. The van der Waals surface area contributed by atoms with E-state index in [4.69, 9.17) is 17.3 Å². The first-order valence-electron chi connectivity index (χ1n) is 3.34. The Bertz CT molecular complexity index is 446. The second-order valence-corrected chi connectivity index (χ2v) is 4.34. The van der Waals surface area contributed by atoms with Crippen LogP contribution in [0.2, 0.25) is 5.02 Å². The molecule has 0 atom stereocenters. The molecule has 0 saturated heterocycles. The number of hydrogen-bond acceptors (Lipinski definition) is 4. The monoisotopic (exact) mass is 259 g/mol. The number of nitrogen functional groups attached to an aromatic ring is 1. The second-order valence-electron chi connectivity index (χ2n) is 2.58. The summed E-state index contributed by atoms with van der Waals surface area (Å²) in [5.41, 5.74) is 5.72. The molecule has 0 aliphatic carbocycles. The fraction of sp³-hybridized carbons (Fsp3) is 0.143. The molecule has 0 heterocycles. The summed E-state index contributed by atoms with van der Waals surface area (Å²) in [6.45, 7) is 1.45. The van der Waals surface area contributed by atoms with E-state index in [0.29, 0.717) is 0 Å². The zero-order chi connectivity index (χ0) is 10.2. The quantitative estimate of drug-likeness (QED) is 0.364. The molecule has 14 heavy (non-hydrogen) atoms. The van der Waals surface area contributed by atoms with E-state index < -0.39 is 10.1 Å². The van der Waals surface area contributed by atoms with E-state index in [1.807, 2.05) is 0 Å². The summed E-state index contributed by atoms with van der Waals surface area (Å²) in [5.74, 6) is 0. The third-order valence-corrected chi connectivity index (χ3v) is 2.94. The fourth-order valence-corrected chi connectivity index (χ4v) is 1.98. The Morgan fingerprint density at radius 1 is 1.43 bits per heavy atom. The van der Waals surface area contributed by atoms with Crippen LogP contribution in [0.1, 0.15) is 5.56 Å². The van der Waals surface area contributed by atoms with Gasteiger partial charge in [0.1, 0.15) is 10.1 Å². The van der Waals surface area contributed by atoms with Gasteiger partial charge in [-0.25, -0.2) is 8.42 Å². The van der Waals surface area contributed by atoms with Crippen LogP contribution in [0, 0.1) is 6.92 Å². The van der Waals surface area contributed by atoms with Gasteiger partial charge in [0.15, 0.2) is 0 Å². The molecule has 0 amide bonds. The largest absolute Gasteiger partial charge is 1.00 e. The molecular formula is C7H7ClKNO3S. The zero-order valence-corrected chi connectivity index (χ0v) is 12.4. The van der Waals surface area contributed by atoms with Crippen LogP contribution in [0.25, 0.3) is 0 Å². The molecule has 0 aliphatic rings. The maximum atomic E-state index is 10.7. The van der Waals surface area contributed by atoms with Gasteiger partial charge < -0.3 is 10.3 Å².